The molecule has 8 heteroatoms. The van der Waals surface area contributed by atoms with Crippen molar-refractivity contribution < 1.29 is 9.21 Å². The maximum Gasteiger partial charge on any atom is 0.307 e. The Hall–Kier alpha value is -1.91. The van der Waals surface area contributed by atoms with Crippen molar-refractivity contribution in [1.82, 2.24) is 9.99 Å². The Morgan fingerprint density at radius 1 is 1.13 bits per heavy atom. The van der Waals surface area contributed by atoms with Crippen molar-refractivity contribution in [2.75, 3.05) is 0 Å². The van der Waals surface area contributed by atoms with E-state index in [-0.39, 0.29) is 5.76 Å². The SMILES string of the molecule is Cc1cc(/C=N\NC(=O)c2cc3cc(Br)cc(I)c3o2)c(C)n1-c1cccc(Br)c1. The second-order valence-corrected chi connectivity index (χ2v) is 9.75. The number of nitrogens with one attached hydrogen (secondary N) is 1. The molecule has 0 aliphatic rings. The number of fused-ring (bicyclic) bond motifs is 1. The van der Waals surface area contributed by atoms with Gasteiger partial charge in [-0.3, -0.25) is 4.79 Å². The number of hydrogen-bond acceptors (Lipinski definition) is 3. The lowest BCUT2D eigenvalue weighted by Gasteiger charge is -2.09. The Bertz CT molecular complexity index is 1310. The Labute approximate surface area is 203 Å². The zero-order valence-electron chi connectivity index (χ0n) is 16.0. The van der Waals surface area contributed by atoms with Crippen LogP contribution in [0.15, 0.2) is 67.0 Å². The van der Waals surface area contributed by atoms with Crippen molar-refractivity contribution in [3.63, 3.8) is 0 Å². The van der Waals surface area contributed by atoms with Crippen molar-refractivity contribution in [2.24, 2.45) is 5.10 Å². The number of benzene rings is 2. The van der Waals surface area contributed by atoms with Gasteiger partial charge < -0.3 is 8.98 Å². The van der Waals surface area contributed by atoms with Crippen LogP contribution in [0.1, 0.15) is 27.5 Å². The minimum atomic E-state index is -0.393. The molecule has 30 heavy (non-hydrogen) atoms. The number of aryl methyl sites for hydroxylation is 1. The van der Waals surface area contributed by atoms with E-state index in [1.165, 1.54) is 0 Å². The topological polar surface area (TPSA) is 59.5 Å². The molecule has 0 fully saturated rings. The molecule has 1 N–H and O–H groups in total. The average Bonchev–Trinajstić information content (AvgIpc) is 3.23. The number of aromatic nitrogens is 1. The van der Waals surface area contributed by atoms with Gasteiger partial charge in [0.05, 0.1) is 9.78 Å². The van der Waals surface area contributed by atoms with Gasteiger partial charge in [0.15, 0.2) is 5.76 Å². The van der Waals surface area contributed by atoms with Crippen LogP contribution in [0.25, 0.3) is 16.7 Å². The molecule has 0 aliphatic carbocycles. The number of amides is 1. The van der Waals surface area contributed by atoms with Gasteiger partial charge in [0.1, 0.15) is 5.58 Å². The molecule has 0 saturated heterocycles. The molecule has 152 valence electrons. The number of halogens is 3. The molecule has 0 spiro atoms. The van der Waals surface area contributed by atoms with Crippen LogP contribution in [0.5, 0.6) is 0 Å². The van der Waals surface area contributed by atoms with E-state index in [0.717, 1.165) is 40.5 Å². The highest BCUT2D eigenvalue weighted by atomic mass is 127. The highest BCUT2D eigenvalue weighted by Gasteiger charge is 2.14. The summed E-state index contributed by atoms with van der Waals surface area (Å²) in [6, 6.07) is 15.7. The maximum absolute atomic E-state index is 12.5. The molecule has 2 heterocycles. The highest BCUT2D eigenvalue weighted by molar-refractivity contribution is 14.1. The molecule has 0 aliphatic heterocycles. The molecule has 2 aromatic heterocycles. The lowest BCUT2D eigenvalue weighted by atomic mass is 10.2. The Morgan fingerprint density at radius 2 is 1.93 bits per heavy atom. The third-order valence-corrected chi connectivity index (χ3v) is 6.42. The van der Waals surface area contributed by atoms with Gasteiger partial charge in [0.25, 0.3) is 0 Å². The first-order valence-corrected chi connectivity index (χ1v) is 11.7. The monoisotopic (exact) mass is 639 g/mol. The van der Waals surface area contributed by atoms with Gasteiger partial charge in [-0.15, -0.1) is 0 Å². The summed E-state index contributed by atoms with van der Waals surface area (Å²) in [5.74, 6) is -0.173. The molecule has 5 nitrogen and oxygen atoms in total. The van der Waals surface area contributed by atoms with Crippen molar-refractivity contribution in [3.8, 4) is 5.69 Å². The van der Waals surface area contributed by atoms with Crippen LogP contribution >= 0.6 is 54.5 Å². The fourth-order valence-electron chi connectivity index (χ4n) is 3.33. The maximum atomic E-state index is 12.5. The minimum Gasteiger partial charge on any atom is -0.450 e. The van der Waals surface area contributed by atoms with Crippen LogP contribution in [0, 0.1) is 17.4 Å². The van der Waals surface area contributed by atoms with Gasteiger partial charge in [0.2, 0.25) is 0 Å². The van der Waals surface area contributed by atoms with E-state index in [1.807, 2.05) is 44.2 Å². The lowest BCUT2D eigenvalue weighted by molar-refractivity contribution is 0.0929. The second kappa shape index (κ2) is 8.68. The zero-order valence-corrected chi connectivity index (χ0v) is 21.4. The summed E-state index contributed by atoms with van der Waals surface area (Å²) >= 11 is 9.16. The number of rotatable bonds is 4. The molecule has 0 atom stereocenters. The third-order valence-electron chi connectivity index (χ3n) is 4.67. The van der Waals surface area contributed by atoms with Gasteiger partial charge in [-0.05, 0) is 78.9 Å². The molecule has 0 radical (unpaired) electrons. The van der Waals surface area contributed by atoms with Crippen LogP contribution in [-0.4, -0.2) is 16.7 Å². The van der Waals surface area contributed by atoms with E-state index in [1.54, 1.807) is 12.3 Å². The van der Waals surface area contributed by atoms with E-state index in [2.05, 4.69) is 81.7 Å². The number of hydrogen-bond donors (Lipinski definition) is 1. The van der Waals surface area contributed by atoms with Crippen molar-refractivity contribution in [3.05, 3.63) is 83.8 Å². The largest absolute Gasteiger partial charge is 0.450 e. The van der Waals surface area contributed by atoms with Crippen LogP contribution in [0.2, 0.25) is 0 Å². The van der Waals surface area contributed by atoms with E-state index in [0.29, 0.717) is 5.58 Å². The van der Waals surface area contributed by atoms with Gasteiger partial charge in [-0.1, -0.05) is 37.9 Å². The summed E-state index contributed by atoms with van der Waals surface area (Å²) in [6.45, 7) is 4.06. The van der Waals surface area contributed by atoms with Crippen LogP contribution in [0.3, 0.4) is 0 Å². The van der Waals surface area contributed by atoms with Crippen molar-refractivity contribution >= 4 is 77.5 Å². The van der Waals surface area contributed by atoms with E-state index < -0.39 is 5.91 Å². The Balaban J connectivity index is 1.54. The number of carbonyl (C=O) groups excluding carboxylic acids is 1. The zero-order chi connectivity index (χ0) is 21.4. The molecule has 4 aromatic rings. The van der Waals surface area contributed by atoms with E-state index in [9.17, 15) is 4.79 Å². The quantitative estimate of drug-likeness (QED) is 0.153. The summed E-state index contributed by atoms with van der Waals surface area (Å²) in [5.41, 5.74) is 7.34. The molecule has 2 aromatic carbocycles. The number of furan rings is 1. The van der Waals surface area contributed by atoms with Gasteiger partial charge in [0, 0.05) is 37.0 Å². The third kappa shape index (κ3) is 4.26. The van der Waals surface area contributed by atoms with Crippen LogP contribution in [-0.2, 0) is 0 Å². The fourth-order valence-corrected chi connectivity index (χ4v) is 5.38. The predicted octanol–water partition coefficient (Wildman–Crippen LogP) is 6.73. The fraction of sp³-hybridized carbons (Fsp3) is 0.0909. The summed E-state index contributed by atoms with van der Waals surface area (Å²) in [6.07, 6.45) is 1.65. The molecule has 0 unspecified atom stereocenters. The predicted molar refractivity (Wildman–Crippen MR) is 135 cm³/mol. The van der Waals surface area contributed by atoms with Crippen LogP contribution in [0.4, 0.5) is 0 Å². The Kier molecular flexibility index (Phi) is 6.17. The number of hydrazone groups is 1. The molecule has 0 bridgehead atoms. The standard InChI is InChI=1S/C22H16Br2IN3O2/c1-12-6-15(13(2)28(12)18-5-3-4-16(23)9-18)11-26-27-22(29)20-8-14-7-17(24)10-19(25)21(14)30-20/h3-11H,1-2H3,(H,27,29)/b26-11-. The van der Waals surface area contributed by atoms with E-state index in [4.69, 9.17) is 4.42 Å². The second-order valence-electron chi connectivity index (χ2n) is 6.76. The lowest BCUT2D eigenvalue weighted by Crippen LogP contribution is -2.16. The summed E-state index contributed by atoms with van der Waals surface area (Å²) in [7, 11) is 0. The first-order valence-electron chi connectivity index (χ1n) is 9.00. The minimum absolute atomic E-state index is 0.220. The normalized spacial score (nSPS) is 11.5. The van der Waals surface area contributed by atoms with Gasteiger partial charge in [-0.2, -0.15) is 5.10 Å². The van der Waals surface area contributed by atoms with Crippen molar-refractivity contribution in [2.45, 2.75) is 13.8 Å². The highest BCUT2D eigenvalue weighted by Crippen LogP contribution is 2.28. The molecule has 4 rings (SSSR count). The first-order chi connectivity index (χ1) is 14.3. The van der Waals surface area contributed by atoms with Gasteiger partial charge >= 0.3 is 5.91 Å². The summed E-state index contributed by atoms with van der Waals surface area (Å²) in [5, 5.41) is 5.00. The molecule has 1 amide bonds. The average molecular weight is 641 g/mol. The van der Waals surface area contributed by atoms with Crippen LogP contribution < -0.4 is 5.43 Å². The summed E-state index contributed by atoms with van der Waals surface area (Å²) < 4.78 is 10.7. The Morgan fingerprint density at radius 3 is 2.70 bits per heavy atom. The molecule has 0 saturated carbocycles. The smallest absolute Gasteiger partial charge is 0.307 e. The molecular formula is C22H16Br2IN3O2. The van der Waals surface area contributed by atoms with Crippen molar-refractivity contribution in [1.29, 1.82) is 0 Å². The number of carbonyl (C=O) groups is 1. The van der Waals surface area contributed by atoms with E-state index >= 15 is 0 Å². The van der Waals surface area contributed by atoms with Gasteiger partial charge in [-0.25, -0.2) is 5.43 Å². The summed E-state index contributed by atoms with van der Waals surface area (Å²) in [4.78, 5) is 12.5. The molecular weight excluding hydrogens is 625 g/mol. The number of nitrogens with zero attached hydrogens (tertiary/aromatic N) is 2. The first kappa shape index (κ1) is 21.3.